The molecule has 2 aromatic rings. The van der Waals surface area contributed by atoms with E-state index in [1.807, 2.05) is 4.72 Å². The van der Waals surface area contributed by atoms with Gasteiger partial charge in [-0.1, -0.05) is 23.2 Å². The van der Waals surface area contributed by atoms with Crippen LogP contribution >= 0.6 is 23.2 Å². The monoisotopic (exact) mass is 361 g/mol. The second kappa shape index (κ2) is 5.91. The van der Waals surface area contributed by atoms with Crippen molar-refractivity contribution in [3.63, 3.8) is 0 Å². The van der Waals surface area contributed by atoms with Crippen LogP contribution in [0.5, 0.6) is 0 Å². The predicted octanol–water partition coefficient (Wildman–Crippen LogP) is 2.49. The molecule has 0 spiro atoms. The summed E-state index contributed by atoms with van der Waals surface area (Å²) in [5, 5.41) is 5.02. The summed E-state index contributed by atoms with van der Waals surface area (Å²) in [5.74, 6) is -0.719. The summed E-state index contributed by atoms with van der Waals surface area (Å²) in [6, 6.07) is 4.93. The Kier molecular flexibility index (Phi) is 4.51. The van der Waals surface area contributed by atoms with Crippen LogP contribution < -0.4 is 4.72 Å². The first-order valence-electron chi connectivity index (χ1n) is 6.14. The quantitative estimate of drug-likeness (QED) is 0.910. The maximum Gasteiger partial charge on any atom is 0.268 e. The number of benzene rings is 1. The van der Waals surface area contributed by atoms with E-state index in [0.717, 1.165) is 6.26 Å². The number of carbonyl (C=O) groups is 1. The summed E-state index contributed by atoms with van der Waals surface area (Å²) in [5.41, 5.74) is 1.73. The van der Waals surface area contributed by atoms with Crippen LogP contribution in [0, 0.1) is 13.8 Å². The number of rotatable bonds is 3. The van der Waals surface area contributed by atoms with Crippen molar-refractivity contribution in [2.24, 2.45) is 0 Å². The van der Waals surface area contributed by atoms with Crippen molar-refractivity contribution in [2.45, 2.75) is 13.8 Å². The molecule has 1 aromatic carbocycles. The minimum Gasteiger partial charge on any atom is -0.268 e. The zero-order valence-corrected chi connectivity index (χ0v) is 14.3. The molecule has 0 aliphatic rings. The topological polar surface area (TPSA) is 81.1 Å². The van der Waals surface area contributed by atoms with E-state index >= 15 is 0 Å². The Hall–Kier alpha value is -1.57. The van der Waals surface area contributed by atoms with Crippen molar-refractivity contribution >= 4 is 39.1 Å². The molecule has 0 aliphatic heterocycles. The van der Waals surface area contributed by atoms with Crippen LogP contribution in [0.1, 0.15) is 21.7 Å². The summed E-state index contributed by atoms with van der Waals surface area (Å²) in [4.78, 5) is 12.1. The van der Waals surface area contributed by atoms with Crippen LogP contribution in [-0.2, 0) is 10.0 Å². The van der Waals surface area contributed by atoms with Crippen molar-refractivity contribution in [3.05, 3.63) is 45.2 Å². The number of amides is 1. The SMILES string of the molecule is Cc1nn(-c2ccc(Cl)c(Cl)c2)c(C)c1C(=O)NS(C)(=O)=O. The number of sulfonamides is 1. The van der Waals surface area contributed by atoms with Gasteiger partial charge in [0.25, 0.3) is 5.91 Å². The highest BCUT2D eigenvalue weighted by molar-refractivity contribution is 7.89. The Balaban J connectivity index is 2.51. The van der Waals surface area contributed by atoms with Gasteiger partial charge in [-0.15, -0.1) is 0 Å². The van der Waals surface area contributed by atoms with Gasteiger partial charge in [-0.05, 0) is 32.0 Å². The van der Waals surface area contributed by atoms with E-state index in [2.05, 4.69) is 5.10 Å². The highest BCUT2D eigenvalue weighted by Gasteiger charge is 2.21. The second-order valence-corrected chi connectivity index (χ2v) is 7.32. The molecule has 1 amide bonds. The molecule has 1 aromatic heterocycles. The van der Waals surface area contributed by atoms with Gasteiger partial charge < -0.3 is 0 Å². The van der Waals surface area contributed by atoms with Gasteiger partial charge >= 0.3 is 0 Å². The first-order valence-corrected chi connectivity index (χ1v) is 8.78. The van der Waals surface area contributed by atoms with Crippen LogP contribution in [-0.4, -0.2) is 30.4 Å². The van der Waals surface area contributed by atoms with Crippen molar-refractivity contribution in [1.82, 2.24) is 14.5 Å². The van der Waals surface area contributed by atoms with Gasteiger partial charge in [0.15, 0.2) is 0 Å². The van der Waals surface area contributed by atoms with E-state index in [4.69, 9.17) is 23.2 Å². The van der Waals surface area contributed by atoms with Crippen LogP contribution in [0.3, 0.4) is 0 Å². The largest absolute Gasteiger partial charge is 0.268 e. The normalized spacial score (nSPS) is 11.5. The highest BCUT2D eigenvalue weighted by atomic mass is 35.5. The maximum atomic E-state index is 12.1. The van der Waals surface area contributed by atoms with Crippen LogP contribution in [0.25, 0.3) is 5.69 Å². The lowest BCUT2D eigenvalue weighted by Gasteiger charge is -2.07. The van der Waals surface area contributed by atoms with Gasteiger partial charge in [0.1, 0.15) is 0 Å². The van der Waals surface area contributed by atoms with E-state index in [9.17, 15) is 13.2 Å². The van der Waals surface area contributed by atoms with Crippen molar-refractivity contribution in [3.8, 4) is 5.69 Å². The Bertz CT molecular complexity index is 860. The number of hydrogen-bond acceptors (Lipinski definition) is 4. The van der Waals surface area contributed by atoms with E-state index in [0.29, 0.717) is 27.1 Å². The minimum absolute atomic E-state index is 0.205. The Morgan fingerprint density at radius 3 is 2.41 bits per heavy atom. The number of aryl methyl sites for hydroxylation is 1. The summed E-state index contributed by atoms with van der Waals surface area (Å²) in [6.07, 6.45) is 0.916. The first kappa shape index (κ1) is 16.8. The maximum absolute atomic E-state index is 12.1. The zero-order chi connectivity index (χ0) is 16.7. The summed E-state index contributed by atoms with van der Waals surface area (Å²) < 4.78 is 25.9. The molecule has 9 heteroatoms. The molecule has 0 aliphatic carbocycles. The predicted molar refractivity (Wildman–Crippen MR) is 85.4 cm³/mol. The molecular weight excluding hydrogens is 349 g/mol. The van der Waals surface area contributed by atoms with E-state index in [1.54, 1.807) is 32.0 Å². The number of nitrogens with zero attached hydrogens (tertiary/aromatic N) is 2. The fourth-order valence-corrected chi connectivity index (χ4v) is 2.79. The van der Waals surface area contributed by atoms with Gasteiger partial charge in [0, 0.05) is 0 Å². The van der Waals surface area contributed by atoms with Crippen LogP contribution in [0.15, 0.2) is 18.2 Å². The summed E-state index contributed by atoms with van der Waals surface area (Å²) in [6.45, 7) is 3.29. The molecule has 0 saturated carbocycles. The lowest BCUT2D eigenvalue weighted by atomic mass is 10.2. The van der Waals surface area contributed by atoms with E-state index in [1.165, 1.54) is 4.68 Å². The number of carbonyl (C=O) groups excluding carboxylic acids is 1. The van der Waals surface area contributed by atoms with Gasteiger partial charge in [-0.3, -0.25) is 4.79 Å². The van der Waals surface area contributed by atoms with Gasteiger partial charge in [-0.25, -0.2) is 17.8 Å². The molecule has 22 heavy (non-hydrogen) atoms. The fourth-order valence-electron chi connectivity index (χ4n) is 2.06. The fraction of sp³-hybridized carbons (Fsp3) is 0.231. The van der Waals surface area contributed by atoms with Gasteiger partial charge in [0.2, 0.25) is 10.0 Å². The molecule has 0 radical (unpaired) electrons. The Labute approximate surface area is 138 Å². The third kappa shape index (κ3) is 3.43. The average Bonchev–Trinajstić information content (AvgIpc) is 2.66. The summed E-state index contributed by atoms with van der Waals surface area (Å²) in [7, 11) is -3.65. The first-order chi connectivity index (χ1) is 10.1. The molecule has 2 rings (SSSR count). The average molecular weight is 362 g/mol. The van der Waals surface area contributed by atoms with Gasteiger partial charge in [-0.2, -0.15) is 5.10 Å². The Morgan fingerprint density at radius 2 is 1.86 bits per heavy atom. The molecule has 6 nitrogen and oxygen atoms in total. The van der Waals surface area contributed by atoms with Crippen molar-refractivity contribution < 1.29 is 13.2 Å². The van der Waals surface area contributed by atoms with Gasteiger partial charge in [0.05, 0.1) is 38.9 Å². The Morgan fingerprint density at radius 1 is 1.23 bits per heavy atom. The molecule has 0 saturated heterocycles. The lowest BCUT2D eigenvalue weighted by molar-refractivity contribution is 0.0980. The third-order valence-corrected chi connectivity index (χ3v) is 4.24. The zero-order valence-electron chi connectivity index (χ0n) is 12.0. The summed E-state index contributed by atoms with van der Waals surface area (Å²) >= 11 is 11.9. The third-order valence-electron chi connectivity index (χ3n) is 2.94. The number of nitrogens with one attached hydrogen (secondary N) is 1. The molecule has 1 heterocycles. The molecular formula is C13H13Cl2N3O3S. The molecule has 0 unspecified atom stereocenters. The van der Waals surface area contributed by atoms with E-state index < -0.39 is 15.9 Å². The number of hydrogen-bond donors (Lipinski definition) is 1. The lowest BCUT2D eigenvalue weighted by Crippen LogP contribution is -2.30. The van der Waals surface area contributed by atoms with Crippen LogP contribution in [0.4, 0.5) is 0 Å². The number of aromatic nitrogens is 2. The second-order valence-electron chi connectivity index (χ2n) is 4.76. The smallest absolute Gasteiger partial charge is 0.268 e. The van der Waals surface area contributed by atoms with Crippen LogP contribution in [0.2, 0.25) is 10.0 Å². The minimum atomic E-state index is -3.65. The molecule has 0 fully saturated rings. The van der Waals surface area contributed by atoms with Crippen molar-refractivity contribution in [2.75, 3.05) is 6.26 Å². The van der Waals surface area contributed by atoms with E-state index in [-0.39, 0.29) is 5.56 Å². The standard InChI is InChI=1S/C13H13Cl2N3O3S/c1-7-12(13(19)17-22(3,20)21)8(2)18(16-7)9-4-5-10(14)11(15)6-9/h4-6H,1-3H3,(H,17,19). The molecule has 0 bridgehead atoms. The molecule has 118 valence electrons. The molecule has 0 atom stereocenters. The highest BCUT2D eigenvalue weighted by Crippen LogP contribution is 2.26. The van der Waals surface area contributed by atoms with Crippen molar-refractivity contribution in [1.29, 1.82) is 0 Å². The molecule has 1 N–H and O–H groups in total. The number of halogens is 2.